The van der Waals surface area contributed by atoms with Crippen molar-refractivity contribution in [2.24, 2.45) is 5.92 Å². The summed E-state index contributed by atoms with van der Waals surface area (Å²) in [6, 6.07) is 9.21. The molecule has 3 nitrogen and oxygen atoms in total. The average molecular weight is 307 g/mol. The van der Waals surface area contributed by atoms with E-state index in [4.69, 9.17) is 11.6 Å². The van der Waals surface area contributed by atoms with Crippen LogP contribution in [0.25, 0.3) is 10.9 Å². The van der Waals surface area contributed by atoms with E-state index in [1.165, 1.54) is 12.2 Å². The summed E-state index contributed by atoms with van der Waals surface area (Å²) in [5.74, 6) is 2.86. The number of fused-ring (bicyclic) bond motifs is 1. The van der Waals surface area contributed by atoms with E-state index in [2.05, 4.69) is 10.3 Å². The van der Waals surface area contributed by atoms with Crippen LogP contribution in [0.2, 0.25) is 5.15 Å². The summed E-state index contributed by atoms with van der Waals surface area (Å²) in [5, 5.41) is 4.22. The number of hydrogen-bond donors (Lipinski definition) is 1. The van der Waals surface area contributed by atoms with Crippen molar-refractivity contribution in [3.8, 4) is 0 Å². The molecular formula is C15H15ClN2OS. The molecule has 0 aliphatic carbocycles. The first-order valence-corrected chi connectivity index (χ1v) is 8.18. The van der Waals surface area contributed by atoms with Crippen LogP contribution in [0.5, 0.6) is 0 Å². The number of rotatable bonds is 3. The van der Waals surface area contributed by atoms with E-state index in [9.17, 15) is 4.79 Å². The number of nitrogens with zero attached hydrogens (tertiary/aromatic N) is 1. The summed E-state index contributed by atoms with van der Waals surface area (Å²) in [4.78, 5) is 16.6. The van der Waals surface area contributed by atoms with Crippen LogP contribution >= 0.6 is 23.4 Å². The van der Waals surface area contributed by atoms with E-state index in [1.807, 2.05) is 36.0 Å². The van der Waals surface area contributed by atoms with Crippen LogP contribution in [0.1, 0.15) is 16.8 Å². The Labute approximate surface area is 127 Å². The number of para-hydroxylation sites is 1. The smallest absolute Gasteiger partial charge is 0.252 e. The van der Waals surface area contributed by atoms with Gasteiger partial charge in [-0.2, -0.15) is 11.8 Å². The fourth-order valence-corrected chi connectivity index (χ4v) is 3.89. The Morgan fingerprint density at radius 2 is 2.30 bits per heavy atom. The summed E-state index contributed by atoms with van der Waals surface area (Å²) in [6.07, 6.45) is 1.18. The number of amides is 1. The van der Waals surface area contributed by atoms with Gasteiger partial charge in [0.1, 0.15) is 5.15 Å². The number of aromatic nitrogens is 1. The molecule has 1 aliphatic heterocycles. The molecule has 20 heavy (non-hydrogen) atoms. The third-order valence-corrected chi connectivity index (χ3v) is 4.93. The molecule has 5 heteroatoms. The molecule has 1 N–H and O–H groups in total. The zero-order valence-electron chi connectivity index (χ0n) is 10.9. The van der Waals surface area contributed by atoms with E-state index in [0.717, 1.165) is 23.2 Å². The molecule has 1 fully saturated rings. The molecule has 2 aromatic rings. The highest BCUT2D eigenvalue weighted by Crippen LogP contribution is 2.23. The SMILES string of the molecule is O=C(NCC1CCSC1)c1cc(Cl)nc2ccccc12. The molecule has 3 rings (SSSR count). The zero-order valence-corrected chi connectivity index (χ0v) is 12.5. The zero-order chi connectivity index (χ0) is 13.9. The Morgan fingerprint density at radius 3 is 3.10 bits per heavy atom. The van der Waals surface area contributed by atoms with Crippen LogP contribution in [0.3, 0.4) is 0 Å². The molecule has 0 radical (unpaired) electrons. The molecule has 2 heterocycles. The van der Waals surface area contributed by atoms with Gasteiger partial charge in [0.25, 0.3) is 5.91 Å². The highest BCUT2D eigenvalue weighted by molar-refractivity contribution is 7.99. The number of pyridine rings is 1. The predicted molar refractivity (Wildman–Crippen MR) is 84.5 cm³/mol. The van der Waals surface area contributed by atoms with Gasteiger partial charge in [-0.25, -0.2) is 4.98 Å². The van der Waals surface area contributed by atoms with Gasteiger partial charge in [-0.15, -0.1) is 0 Å². The van der Waals surface area contributed by atoms with E-state index in [-0.39, 0.29) is 5.91 Å². The number of thioether (sulfide) groups is 1. The van der Waals surface area contributed by atoms with Crippen molar-refractivity contribution < 1.29 is 4.79 Å². The first kappa shape index (κ1) is 13.7. The molecule has 0 bridgehead atoms. The highest BCUT2D eigenvalue weighted by Gasteiger charge is 2.18. The van der Waals surface area contributed by atoms with Crippen molar-refractivity contribution >= 4 is 40.2 Å². The average Bonchev–Trinajstić information content (AvgIpc) is 2.97. The largest absolute Gasteiger partial charge is 0.352 e. The fourth-order valence-electron chi connectivity index (χ4n) is 2.41. The Hall–Kier alpha value is -1.26. The minimum Gasteiger partial charge on any atom is -0.352 e. The standard InChI is InChI=1S/C15H15ClN2OS/c16-14-7-12(11-3-1-2-4-13(11)18-14)15(19)17-8-10-5-6-20-9-10/h1-4,7,10H,5-6,8-9H2,(H,17,19). The van der Waals surface area contributed by atoms with E-state index in [0.29, 0.717) is 16.6 Å². The molecule has 104 valence electrons. The lowest BCUT2D eigenvalue weighted by molar-refractivity contribution is 0.0950. The second-order valence-corrected chi connectivity index (χ2v) is 6.49. The van der Waals surface area contributed by atoms with Gasteiger partial charge >= 0.3 is 0 Å². The number of halogens is 1. The Balaban J connectivity index is 1.83. The van der Waals surface area contributed by atoms with Gasteiger partial charge in [-0.3, -0.25) is 4.79 Å². The van der Waals surface area contributed by atoms with Gasteiger partial charge < -0.3 is 5.32 Å². The van der Waals surface area contributed by atoms with Crippen molar-refractivity contribution in [1.29, 1.82) is 0 Å². The molecular weight excluding hydrogens is 292 g/mol. The summed E-state index contributed by atoms with van der Waals surface area (Å²) < 4.78 is 0. The summed E-state index contributed by atoms with van der Waals surface area (Å²) in [6.45, 7) is 0.736. The number of hydrogen-bond acceptors (Lipinski definition) is 3. The lowest BCUT2D eigenvalue weighted by Gasteiger charge is -2.11. The molecule has 1 unspecified atom stereocenters. The van der Waals surface area contributed by atoms with Crippen molar-refractivity contribution in [3.05, 3.63) is 41.0 Å². The minimum absolute atomic E-state index is 0.0672. The second kappa shape index (κ2) is 6.02. The van der Waals surface area contributed by atoms with Crippen molar-refractivity contribution in [1.82, 2.24) is 10.3 Å². The van der Waals surface area contributed by atoms with Crippen LogP contribution < -0.4 is 5.32 Å². The van der Waals surface area contributed by atoms with Gasteiger partial charge in [-0.1, -0.05) is 29.8 Å². The molecule has 1 amide bonds. The number of carbonyl (C=O) groups excluding carboxylic acids is 1. The van der Waals surface area contributed by atoms with Crippen LogP contribution in [-0.2, 0) is 0 Å². The number of nitrogens with one attached hydrogen (secondary N) is 1. The van der Waals surface area contributed by atoms with Crippen LogP contribution in [0, 0.1) is 5.92 Å². The monoisotopic (exact) mass is 306 g/mol. The summed E-state index contributed by atoms with van der Waals surface area (Å²) in [5.41, 5.74) is 1.35. The first-order chi connectivity index (χ1) is 9.74. The molecule has 1 aromatic heterocycles. The van der Waals surface area contributed by atoms with Gasteiger partial charge in [0, 0.05) is 11.9 Å². The van der Waals surface area contributed by atoms with Gasteiger partial charge in [0.15, 0.2) is 0 Å². The number of benzene rings is 1. The molecule has 1 aliphatic rings. The second-order valence-electron chi connectivity index (χ2n) is 4.95. The fraction of sp³-hybridized carbons (Fsp3) is 0.333. The molecule has 1 atom stereocenters. The predicted octanol–water partition coefficient (Wildman–Crippen LogP) is 3.37. The summed E-state index contributed by atoms with van der Waals surface area (Å²) in [7, 11) is 0. The van der Waals surface area contributed by atoms with Crippen LogP contribution in [0.15, 0.2) is 30.3 Å². The third-order valence-electron chi connectivity index (χ3n) is 3.50. The maximum Gasteiger partial charge on any atom is 0.252 e. The first-order valence-electron chi connectivity index (χ1n) is 6.65. The normalized spacial score (nSPS) is 18.4. The topological polar surface area (TPSA) is 42.0 Å². The Morgan fingerprint density at radius 1 is 1.45 bits per heavy atom. The molecule has 0 spiro atoms. The maximum absolute atomic E-state index is 12.4. The third kappa shape index (κ3) is 2.91. The van der Waals surface area contributed by atoms with Gasteiger partial charge in [0.05, 0.1) is 11.1 Å². The van der Waals surface area contributed by atoms with Crippen molar-refractivity contribution in [3.63, 3.8) is 0 Å². The quantitative estimate of drug-likeness (QED) is 0.884. The Bertz CT molecular complexity index is 641. The molecule has 1 aromatic carbocycles. The van der Waals surface area contributed by atoms with Crippen molar-refractivity contribution in [2.45, 2.75) is 6.42 Å². The van der Waals surface area contributed by atoms with Gasteiger partial charge in [-0.05, 0) is 36.0 Å². The lowest BCUT2D eigenvalue weighted by atomic mass is 10.1. The molecule has 0 saturated carbocycles. The van der Waals surface area contributed by atoms with E-state index < -0.39 is 0 Å². The van der Waals surface area contributed by atoms with Gasteiger partial charge in [0.2, 0.25) is 0 Å². The van der Waals surface area contributed by atoms with Crippen LogP contribution in [0.4, 0.5) is 0 Å². The lowest BCUT2D eigenvalue weighted by Crippen LogP contribution is -2.29. The maximum atomic E-state index is 12.4. The molecule has 1 saturated heterocycles. The summed E-state index contributed by atoms with van der Waals surface area (Å²) >= 11 is 7.95. The number of carbonyl (C=O) groups is 1. The highest BCUT2D eigenvalue weighted by atomic mass is 35.5. The van der Waals surface area contributed by atoms with E-state index >= 15 is 0 Å². The Kier molecular flexibility index (Phi) is 4.13. The van der Waals surface area contributed by atoms with Crippen molar-refractivity contribution in [2.75, 3.05) is 18.1 Å². The van der Waals surface area contributed by atoms with Crippen LogP contribution in [-0.4, -0.2) is 28.9 Å². The van der Waals surface area contributed by atoms with E-state index in [1.54, 1.807) is 6.07 Å². The minimum atomic E-state index is -0.0672.